The van der Waals surface area contributed by atoms with Crippen molar-refractivity contribution in [1.29, 1.82) is 5.26 Å². The molecule has 1 aromatic heterocycles. The Kier molecular flexibility index (Phi) is 4.51. The van der Waals surface area contributed by atoms with Gasteiger partial charge in [0.15, 0.2) is 0 Å². The summed E-state index contributed by atoms with van der Waals surface area (Å²) < 4.78 is 48.5. The number of nitrogens with zero attached hydrogens (tertiary/aromatic N) is 3. The van der Waals surface area contributed by atoms with Crippen molar-refractivity contribution < 1.29 is 22.6 Å². The molecule has 0 N–H and O–H groups in total. The summed E-state index contributed by atoms with van der Waals surface area (Å²) >= 11 is 0. The van der Waals surface area contributed by atoms with Crippen LogP contribution in [-0.4, -0.2) is 16.1 Å². The quantitative estimate of drug-likeness (QED) is 0.630. The van der Waals surface area contributed by atoms with Crippen molar-refractivity contribution in [3.8, 4) is 29.0 Å². The van der Waals surface area contributed by atoms with Crippen LogP contribution in [0.15, 0.2) is 66.4 Å². The Bertz CT molecular complexity index is 1110. The van der Waals surface area contributed by atoms with E-state index in [9.17, 15) is 18.4 Å². The average molecular weight is 397 g/mol. The molecule has 0 saturated carbocycles. The fourth-order valence-electron chi connectivity index (χ4n) is 3.38. The van der Waals surface area contributed by atoms with E-state index in [-0.39, 0.29) is 5.75 Å². The molecule has 29 heavy (non-hydrogen) atoms. The number of aromatic nitrogens is 2. The third-order valence-electron chi connectivity index (χ3n) is 4.55. The zero-order valence-corrected chi connectivity index (χ0v) is 15.1. The molecule has 8 heteroatoms. The number of hydrogen-bond donors (Lipinski definition) is 0. The summed E-state index contributed by atoms with van der Waals surface area (Å²) in [7, 11) is 1.73. The van der Waals surface area contributed by atoms with Crippen LogP contribution in [0.5, 0.6) is 11.6 Å². The molecule has 2 heterocycles. The van der Waals surface area contributed by atoms with Gasteiger partial charge in [0, 0.05) is 12.6 Å². The van der Waals surface area contributed by atoms with E-state index in [4.69, 9.17) is 4.74 Å². The van der Waals surface area contributed by atoms with Gasteiger partial charge >= 0.3 is 6.36 Å². The Morgan fingerprint density at radius 2 is 1.79 bits per heavy atom. The number of hydrogen-bond acceptors (Lipinski definition) is 4. The summed E-state index contributed by atoms with van der Waals surface area (Å²) in [5, 5.41) is 14.2. The number of benzene rings is 2. The molecule has 3 aromatic rings. The molecular weight excluding hydrogens is 383 g/mol. The molecule has 0 amide bonds. The van der Waals surface area contributed by atoms with Gasteiger partial charge in [-0.3, -0.25) is 0 Å². The van der Waals surface area contributed by atoms with E-state index in [1.165, 1.54) is 30.5 Å². The van der Waals surface area contributed by atoms with Gasteiger partial charge in [-0.05, 0) is 17.7 Å². The van der Waals surface area contributed by atoms with Gasteiger partial charge in [0.1, 0.15) is 17.7 Å². The number of rotatable bonds is 3. The van der Waals surface area contributed by atoms with Crippen molar-refractivity contribution in [2.75, 3.05) is 0 Å². The van der Waals surface area contributed by atoms with Gasteiger partial charge < -0.3 is 9.47 Å². The molecule has 0 fully saturated rings. The topological polar surface area (TPSA) is 60.1 Å². The van der Waals surface area contributed by atoms with Crippen LogP contribution in [-0.2, 0) is 7.05 Å². The first kappa shape index (κ1) is 18.6. The normalized spacial score (nSPS) is 15.7. The van der Waals surface area contributed by atoms with Crippen LogP contribution in [0.4, 0.5) is 13.2 Å². The largest absolute Gasteiger partial charge is 0.573 e. The maximum absolute atomic E-state index is 12.5. The van der Waals surface area contributed by atoms with Gasteiger partial charge in [0.25, 0.3) is 0 Å². The van der Waals surface area contributed by atoms with E-state index in [2.05, 4.69) is 15.9 Å². The summed E-state index contributed by atoms with van der Waals surface area (Å²) in [6, 6.07) is 17.0. The molecule has 5 nitrogen and oxygen atoms in total. The highest BCUT2D eigenvalue weighted by atomic mass is 19.4. The van der Waals surface area contributed by atoms with E-state index in [0.29, 0.717) is 28.3 Å². The number of aryl methyl sites for hydroxylation is 1. The van der Waals surface area contributed by atoms with Crippen molar-refractivity contribution in [2.45, 2.75) is 12.3 Å². The monoisotopic (exact) mass is 397 g/mol. The number of alkyl halides is 3. The second-order valence-electron chi connectivity index (χ2n) is 6.41. The molecule has 1 aliphatic heterocycles. The van der Waals surface area contributed by atoms with Crippen molar-refractivity contribution in [3.63, 3.8) is 0 Å². The lowest BCUT2D eigenvalue weighted by molar-refractivity contribution is -0.274. The van der Waals surface area contributed by atoms with E-state index < -0.39 is 12.3 Å². The molecule has 146 valence electrons. The van der Waals surface area contributed by atoms with Gasteiger partial charge in [0.2, 0.25) is 5.88 Å². The zero-order chi connectivity index (χ0) is 20.6. The van der Waals surface area contributed by atoms with E-state index in [0.717, 1.165) is 5.56 Å². The molecule has 1 unspecified atom stereocenters. The van der Waals surface area contributed by atoms with Crippen LogP contribution in [0, 0.1) is 11.3 Å². The summed E-state index contributed by atoms with van der Waals surface area (Å²) in [5.74, 6) is -0.387. The average Bonchev–Trinajstić information content (AvgIpc) is 3.04. The lowest BCUT2D eigenvalue weighted by atomic mass is 9.83. The molecule has 4 rings (SSSR count). The molecule has 2 aromatic carbocycles. The van der Waals surface area contributed by atoms with Gasteiger partial charge in [-0.15, -0.1) is 13.2 Å². The molecular formula is C21H14F3N3O2. The first-order chi connectivity index (χ1) is 13.9. The van der Waals surface area contributed by atoms with Gasteiger partial charge in [-0.1, -0.05) is 42.5 Å². The molecule has 0 spiro atoms. The minimum absolute atomic E-state index is 0.326. The Morgan fingerprint density at radius 3 is 2.41 bits per heavy atom. The Labute approximate surface area is 164 Å². The second kappa shape index (κ2) is 7.02. The second-order valence-corrected chi connectivity index (χ2v) is 6.41. The van der Waals surface area contributed by atoms with Crippen LogP contribution in [0.2, 0.25) is 0 Å². The number of nitriles is 1. The number of fused-ring (bicyclic) bond motifs is 1. The highest BCUT2D eigenvalue weighted by molar-refractivity contribution is 5.70. The standard InChI is InChI=1S/C21H14F3N3O2/c1-27-20-18(19(26-27)14-5-3-2-4-6-14)17(15(11-25)12-28-20)13-7-9-16(10-8-13)29-21(22,23)24/h2-10,12,17H,1H3. The Balaban J connectivity index is 1.82. The fraction of sp³-hybridized carbons (Fsp3) is 0.143. The minimum Gasteiger partial charge on any atom is -0.446 e. The van der Waals surface area contributed by atoms with Crippen LogP contribution in [0.25, 0.3) is 11.3 Å². The Morgan fingerprint density at radius 1 is 1.10 bits per heavy atom. The number of allylic oxidation sites excluding steroid dienone is 1. The van der Waals surface area contributed by atoms with Crippen molar-refractivity contribution >= 4 is 0 Å². The SMILES string of the molecule is Cn1nc(-c2ccccc2)c2c1OC=C(C#N)C2c1ccc(OC(F)(F)F)cc1. The smallest absolute Gasteiger partial charge is 0.446 e. The summed E-state index contributed by atoms with van der Waals surface area (Å²) in [4.78, 5) is 0. The van der Waals surface area contributed by atoms with Crippen LogP contribution >= 0.6 is 0 Å². The van der Waals surface area contributed by atoms with Crippen molar-refractivity contribution in [1.82, 2.24) is 9.78 Å². The molecule has 0 bridgehead atoms. The van der Waals surface area contributed by atoms with E-state index in [1.54, 1.807) is 11.7 Å². The molecule has 0 radical (unpaired) electrons. The van der Waals surface area contributed by atoms with Crippen LogP contribution < -0.4 is 9.47 Å². The number of halogens is 3. The van der Waals surface area contributed by atoms with Crippen molar-refractivity contribution in [2.24, 2.45) is 7.05 Å². The van der Waals surface area contributed by atoms with Crippen LogP contribution in [0.1, 0.15) is 17.0 Å². The maximum atomic E-state index is 12.5. The first-order valence-electron chi connectivity index (χ1n) is 8.62. The summed E-state index contributed by atoms with van der Waals surface area (Å²) in [5.41, 5.74) is 3.12. The lowest BCUT2D eigenvalue weighted by Gasteiger charge is -2.22. The van der Waals surface area contributed by atoms with Crippen LogP contribution in [0.3, 0.4) is 0 Å². The molecule has 0 aliphatic carbocycles. The Hall–Kier alpha value is -3.73. The molecule has 1 atom stereocenters. The van der Waals surface area contributed by atoms with Crippen molar-refractivity contribution in [3.05, 3.63) is 77.6 Å². The highest BCUT2D eigenvalue weighted by Gasteiger charge is 2.34. The third kappa shape index (κ3) is 3.55. The van der Waals surface area contributed by atoms with E-state index >= 15 is 0 Å². The first-order valence-corrected chi connectivity index (χ1v) is 8.62. The molecule has 0 saturated heterocycles. The van der Waals surface area contributed by atoms with E-state index in [1.807, 2.05) is 30.3 Å². The summed E-state index contributed by atoms with van der Waals surface area (Å²) in [6.45, 7) is 0. The van der Waals surface area contributed by atoms with Gasteiger partial charge in [0.05, 0.1) is 23.1 Å². The minimum atomic E-state index is -4.77. The summed E-state index contributed by atoms with van der Waals surface area (Å²) in [6.07, 6.45) is -3.42. The van der Waals surface area contributed by atoms with Gasteiger partial charge in [-0.2, -0.15) is 10.4 Å². The zero-order valence-electron chi connectivity index (χ0n) is 15.1. The molecule has 1 aliphatic rings. The fourth-order valence-corrected chi connectivity index (χ4v) is 3.38. The predicted molar refractivity (Wildman–Crippen MR) is 97.9 cm³/mol. The highest BCUT2D eigenvalue weighted by Crippen LogP contribution is 2.45. The lowest BCUT2D eigenvalue weighted by Crippen LogP contribution is -2.17. The maximum Gasteiger partial charge on any atom is 0.573 e. The predicted octanol–water partition coefficient (Wildman–Crippen LogP) is 4.92. The third-order valence-corrected chi connectivity index (χ3v) is 4.55. The number of ether oxygens (including phenoxy) is 2. The van der Waals surface area contributed by atoms with Gasteiger partial charge in [-0.25, -0.2) is 4.68 Å².